The van der Waals surface area contributed by atoms with Crippen molar-refractivity contribution in [3.63, 3.8) is 0 Å². The first-order chi connectivity index (χ1) is 10.2. The second-order valence-corrected chi connectivity index (χ2v) is 4.65. The van der Waals surface area contributed by atoms with Crippen molar-refractivity contribution in [1.82, 2.24) is 0 Å². The van der Waals surface area contributed by atoms with E-state index in [1.165, 1.54) is 14.2 Å². The standard InChI is InChI=1S/C16H15ClO4/c1-19-14-7-4-8-15(20-2)16(14)21-10-13(18)11-5-3-6-12(17)9-11/h3-9H,10H2,1-2H3. The molecule has 0 saturated heterocycles. The number of ether oxygens (including phenoxy) is 3. The lowest BCUT2D eigenvalue weighted by molar-refractivity contribution is 0.0917. The molecule has 0 aliphatic carbocycles. The fourth-order valence-electron chi connectivity index (χ4n) is 1.84. The normalized spacial score (nSPS) is 10.0. The predicted molar refractivity (Wildman–Crippen MR) is 80.8 cm³/mol. The Bertz CT molecular complexity index is 618. The smallest absolute Gasteiger partial charge is 0.203 e. The molecule has 0 N–H and O–H groups in total. The molecular weight excluding hydrogens is 292 g/mol. The minimum absolute atomic E-state index is 0.128. The second-order valence-electron chi connectivity index (χ2n) is 4.21. The quantitative estimate of drug-likeness (QED) is 0.765. The van der Waals surface area contributed by atoms with Crippen LogP contribution in [0, 0.1) is 0 Å². The maximum absolute atomic E-state index is 12.1. The van der Waals surface area contributed by atoms with Crippen LogP contribution in [0.3, 0.4) is 0 Å². The number of hydrogen-bond donors (Lipinski definition) is 0. The van der Waals surface area contributed by atoms with Crippen LogP contribution in [0.15, 0.2) is 42.5 Å². The number of ketones is 1. The average Bonchev–Trinajstić information content (AvgIpc) is 2.52. The van der Waals surface area contributed by atoms with Gasteiger partial charge in [-0.15, -0.1) is 0 Å². The number of carbonyl (C=O) groups is 1. The highest BCUT2D eigenvalue weighted by Gasteiger charge is 2.14. The van der Waals surface area contributed by atoms with Crippen LogP contribution in [-0.2, 0) is 0 Å². The van der Waals surface area contributed by atoms with Crippen LogP contribution in [0.5, 0.6) is 17.2 Å². The molecule has 4 nitrogen and oxygen atoms in total. The Hall–Kier alpha value is -2.20. The molecule has 0 saturated carbocycles. The molecule has 0 aliphatic rings. The molecule has 2 aromatic rings. The van der Waals surface area contributed by atoms with Crippen molar-refractivity contribution in [2.45, 2.75) is 0 Å². The van der Waals surface area contributed by atoms with Crippen LogP contribution in [0.4, 0.5) is 0 Å². The molecule has 0 amide bonds. The summed E-state index contributed by atoms with van der Waals surface area (Å²) in [5.74, 6) is 1.24. The van der Waals surface area contributed by atoms with Gasteiger partial charge in [0.15, 0.2) is 23.9 Å². The highest BCUT2D eigenvalue weighted by atomic mass is 35.5. The SMILES string of the molecule is COc1cccc(OC)c1OCC(=O)c1cccc(Cl)c1. The van der Waals surface area contributed by atoms with Gasteiger partial charge in [-0.3, -0.25) is 4.79 Å². The van der Waals surface area contributed by atoms with E-state index in [9.17, 15) is 4.79 Å². The summed E-state index contributed by atoms with van der Waals surface area (Å²) >= 11 is 5.87. The van der Waals surface area contributed by atoms with Crippen molar-refractivity contribution in [1.29, 1.82) is 0 Å². The fourth-order valence-corrected chi connectivity index (χ4v) is 2.03. The maximum atomic E-state index is 12.1. The van der Waals surface area contributed by atoms with E-state index in [4.69, 9.17) is 25.8 Å². The largest absolute Gasteiger partial charge is 0.493 e. The maximum Gasteiger partial charge on any atom is 0.203 e. The van der Waals surface area contributed by atoms with Gasteiger partial charge >= 0.3 is 0 Å². The summed E-state index contributed by atoms with van der Waals surface area (Å²) in [6, 6.07) is 12.0. The van der Waals surface area contributed by atoms with E-state index in [0.717, 1.165) is 0 Å². The van der Waals surface area contributed by atoms with E-state index in [1.54, 1.807) is 42.5 Å². The summed E-state index contributed by atoms with van der Waals surface area (Å²) in [5.41, 5.74) is 0.497. The first-order valence-electron chi connectivity index (χ1n) is 6.28. The zero-order chi connectivity index (χ0) is 15.2. The van der Waals surface area contributed by atoms with Crippen LogP contribution >= 0.6 is 11.6 Å². The van der Waals surface area contributed by atoms with Crippen LogP contribution in [-0.4, -0.2) is 26.6 Å². The number of benzene rings is 2. The topological polar surface area (TPSA) is 44.8 Å². The van der Waals surface area contributed by atoms with E-state index in [-0.39, 0.29) is 12.4 Å². The second kappa shape index (κ2) is 6.99. The first kappa shape index (κ1) is 15.2. The van der Waals surface area contributed by atoms with Crippen molar-refractivity contribution in [3.8, 4) is 17.2 Å². The van der Waals surface area contributed by atoms with Gasteiger partial charge < -0.3 is 14.2 Å². The number of hydrogen-bond acceptors (Lipinski definition) is 4. The minimum atomic E-state index is -0.176. The summed E-state index contributed by atoms with van der Waals surface area (Å²) in [5, 5.41) is 0.510. The molecular formula is C16H15ClO4. The van der Waals surface area contributed by atoms with Crippen molar-refractivity contribution < 1.29 is 19.0 Å². The first-order valence-corrected chi connectivity index (χ1v) is 6.66. The van der Waals surface area contributed by atoms with Gasteiger partial charge in [0, 0.05) is 10.6 Å². The highest BCUT2D eigenvalue weighted by Crippen LogP contribution is 2.36. The van der Waals surface area contributed by atoms with Crippen LogP contribution in [0.2, 0.25) is 5.02 Å². The van der Waals surface area contributed by atoms with Crippen LogP contribution in [0.1, 0.15) is 10.4 Å². The molecule has 0 bridgehead atoms. The average molecular weight is 307 g/mol. The summed E-state index contributed by atoms with van der Waals surface area (Å²) in [4.78, 5) is 12.1. The van der Waals surface area contributed by atoms with Gasteiger partial charge in [0.2, 0.25) is 5.75 Å². The van der Waals surface area contributed by atoms with E-state index in [0.29, 0.717) is 27.8 Å². The zero-order valence-electron chi connectivity index (χ0n) is 11.8. The summed E-state index contributed by atoms with van der Waals surface area (Å²) in [7, 11) is 3.06. The van der Waals surface area contributed by atoms with E-state index in [2.05, 4.69) is 0 Å². The van der Waals surface area contributed by atoms with E-state index in [1.807, 2.05) is 0 Å². The van der Waals surface area contributed by atoms with Gasteiger partial charge in [-0.2, -0.15) is 0 Å². The number of methoxy groups -OCH3 is 2. The van der Waals surface area contributed by atoms with Crippen LogP contribution in [0.25, 0.3) is 0 Å². The predicted octanol–water partition coefficient (Wildman–Crippen LogP) is 3.62. The molecule has 0 spiro atoms. The molecule has 0 heterocycles. The molecule has 110 valence electrons. The molecule has 0 fully saturated rings. The Balaban J connectivity index is 2.14. The third kappa shape index (κ3) is 3.67. The molecule has 0 aliphatic heterocycles. The molecule has 2 rings (SSSR count). The van der Waals surface area contributed by atoms with Crippen molar-refractivity contribution in [2.75, 3.05) is 20.8 Å². The van der Waals surface area contributed by atoms with Crippen molar-refractivity contribution in [3.05, 3.63) is 53.1 Å². The lowest BCUT2D eigenvalue weighted by atomic mass is 10.1. The Morgan fingerprint density at radius 3 is 2.24 bits per heavy atom. The monoisotopic (exact) mass is 306 g/mol. The number of Topliss-reactive ketones (excluding diaryl/α,β-unsaturated/α-hetero) is 1. The van der Waals surface area contributed by atoms with Crippen molar-refractivity contribution in [2.24, 2.45) is 0 Å². The van der Waals surface area contributed by atoms with Gasteiger partial charge in [0.05, 0.1) is 14.2 Å². The van der Waals surface area contributed by atoms with Gasteiger partial charge in [0.25, 0.3) is 0 Å². The summed E-state index contributed by atoms with van der Waals surface area (Å²) in [6.45, 7) is -0.128. The van der Waals surface area contributed by atoms with Crippen molar-refractivity contribution >= 4 is 17.4 Å². The number of halogens is 1. The number of carbonyl (C=O) groups excluding carboxylic acids is 1. The summed E-state index contributed by atoms with van der Waals surface area (Å²) in [6.07, 6.45) is 0. The van der Waals surface area contributed by atoms with Gasteiger partial charge in [-0.1, -0.05) is 29.8 Å². The molecule has 0 atom stereocenters. The molecule has 0 radical (unpaired) electrons. The van der Waals surface area contributed by atoms with Gasteiger partial charge in [-0.05, 0) is 24.3 Å². The molecule has 2 aromatic carbocycles. The molecule has 0 unspecified atom stereocenters. The van der Waals surface area contributed by atoms with E-state index < -0.39 is 0 Å². The third-order valence-corrected chi connectivity index (χ3v) is 3.11. The Kier molecular flexibility index (Phi) is 5.06. The lowest BCUT2D eigenvalue weighted by Crippen LogP contribution is -2.12. The van der Waals surface area contributed by atoms with Gasteiger partial charge in [0.1, 0.15) is 0 Å². The highest BCUT2D eigenvalue weighted by molar-refractivity contribution is 6.31. The Morgan fingerprint density at radius 1 is 1.05 bits per heavy atom. The zero-order valence-corrected chi connectivity index (χ0v) is 12.5. The number of para-hydroxylation sites is 1. The fraction of sp³-hybridized carbons (Fsp3) is 0.188. The Labute approximate surface area is 128 Å². The molecule has 21 heavy (non-hydrogen) atoms. The van der Waals surface area contributed by atoms with E-state index >= 15 is 0 Å². The third-order valence-electron chi connectivity index (χ3n) is 2.88. The van der Waals surface area contributed by atoms with Crippen LogP contribution < -0.4 is 14.2 Å². The minimum Gasteiger partial charge on any atom is -0.493 e. The number of rotatable bonds is 6. The van der Waals surface area contributed by atoms with Gasteiger partial charge in [-0.25, -0.2) is 0 Å². The Morgan fingerprint density at radius 2 is 1.67 bits per heavy atom. The molecule has 5 heteroatoms. The lowest BCUT2D eigenvalue weighted by Gasteiger charge is -2.13. The summed E-state index contributed by atoms with van der Waals surface area (Å²) < 4.78 is 16.0. The molecule has 0 aromatic heterocycles.